The number of aliphatic imine (C=N–C) groups is 1. The molecule has 0 spiro atoms. The summed E-state index contributed by atoms with van der Waals surface area (Å²) in [6.45, 7) is 6.09. The quantitative estimate of drug-likeness (QED) is 0.275. The summed E-state index contributed by atoms with van der Waals surface area (Å²) in [5.74, 6) is 2.83. The zero-order chi connectivity index (χ0) is 19.4. The molecular formula is C20H30N6OS. The smallest absolute Gasteiger partial charge is 0.191 e. The van der Waals surface area contributed by atoms with Gasteiger partial charge in [-0.25, -0.2) is 0 Å². The zero-order valence-electron chi connectivity index (χ0n) is 16.5. The fourth-order valence-electron chi connectivity index (χ4n) is 3.05. The lowest BCUT2D eigenvalue weighted by Gasteiger charge is -2.14. The standard InChI is InChI=1S/C20H30N6OS/c1-2-19-25-24-16-26(19)12-10-21-20(23-15-17-7-6-13-27-17)22-11-14-28-18-8-4-3-5-9-18/h3-5,8-9,16-17H,2,6-7,10-15H2,1H3,(H2,21,22,23). The number of nitrogens with zero attached hydrogens (tertiary/aromatic N) is 4. The number of ether oxygens (including phenoxy) is 1. The molecule has 1 unspecified atom stereocenters. The van der Waals surface area contributed by atoms with Crippen molar-refractivity contribution in [2.75, 3.05) is 32.0 Å². The lowest BCUT2D eigenvalue weighted by atomic mass is 10.2. The van der Waals surface area contributed by atoms with Crippen LogP contribution in [0.2, 0.25) is 0 Å². The van der Waals surface area contributed by atoms with Gasteiger partial charge in [0.1, 0.15) is 12.2 Å². The first-order valence-corrected chi connectivity index (χ1v) is 11.0. The molecule has 1 saturated heterocycles. The molecule has 28 heavy (non-hydrogen) atoms. The normalized spacial score (nSPS) is 17.0. The molecule has 2 aromatic rings. The van der Waals surface area contributed by atoms with E-state index in [2.05, 4.69) is 56.6 Å². The van der Waals surface area contributed by atoms with Gasteiger partial charge in [0.15, 0.2) is 5.96 Å². The van der Waals surface area contributed by atoms with Gasteiger partial charge in [0.2, 0.25) is 0 Å². The second kappa shape index (κ2) is 11.7. The largest absolute Gasteiger partial charge is 0.376 e. The first-order valence-electron chi connectivity index (χ1n) is 10.0. The first-order chi connectivity index (χ1) is 13.8. The van der Waals surface area contributed by atoms with Gasteiger partial charge in [-0.3, -0.25) is 4.99 Å². The van der Waals surface area contributed by atoms with E-state index < -0.39 is 0 Å². The molecule has 0 aliphatic carbocycles. The highest BCUT2D eigenvalue weighted by molar-refractivity contribution is 7.99. The van der Waals surface area contributed by atoms with Gasteiger partial charge in [0.05, 0.1) is 12.6 Å². The molecular weight excluding hydrogens is 372 g/mol. The van der Waals surface area contributed by atoms with Crippen LogP contribution in [0.15, 0.2) is 46.5 Å². The average molecular weight is 403 g/mol. The highest BCUT2D eigenvalue weighted by Gasteiger charge is 2.15. The van der Waals surface area contributed by atoms with Crippen LogP contribution in [-0.2, 0) is 17.7 Å². The maximum absolute atomic E-state index is 5.69. The van der Waals surface area contributed by atoms with Gasteiger partial charge in [0.25, 0.3) is 0 Å². The van der Waals surface area contributed by atoms with Crippen molar-refractivity contribution in [3.05, 3.63) is 42.5 Å². The van der Waals surface area contributed by atoms with Gasteiger partial charge < -0.3 is 19.9 Å². The van der Waals surface area contributed by atoms with Crippen molar-refractivity contribution in [3.8, 4) is 0 Å². The minimum atomic E-state index is 0.252. The molecule has 1 atom stereocenters. The molecule has 7 nitrogen and oxygen atoms in total. The minimum Gasteiger partial charge on any atom is -0.376 e. The van der Waals surface area contributed by atoms with Crippen molar-refractivity contribution in [2.45, 2.75) is 43.7 Å². The van der Waals surface area contributed by atoms with E-state index in [1.165, 1.54) is 4.90 Å². The van der Waals surface area contributed by atoms with Gasteiger partial charge in [-0.1, -0.05) is 25.1 Å². The van der Waals surface area contributed by atoms with Crippen LogP contribution in [0.1, 0.15) is 25.6 Å². The molecule has 0 bridgehead atoms. The van der Waals surface area contributed by atoms with Crippen LogP contribution < -0.4 is 10.6 Å². The molecule has 1 aliphatic rings. The predicted molar refractivity (Wildman–Crippen MR) is 114 cm³/mol. The van der Waals surface area contributed by atoms with E-state index in [9.17, 15) is 0 Å². The maximum Gasteiger partial charge on any atom is 0.191 e. The number of rotatable bonds is 10. The molecule has 1 aliphatic heterocycles. The molecule has 1 fully saturated rings. The molecule has 0 radical (unpaired) electrons. The van der Waals surface area contributed by atoms with Crippen molar-refractivity contribution < 1.29 is 4.74 Å². The van der Waals surface area contributed by atoms with Gasteiger partial charge in [0, 0.05) is 43.3 Å². The van der Waals surface area contributed by atoms with Crippen LogP contribution >= 0.6 is 11.8 Å². The Labute approximate surface area is 171 Å². The molecule has 152 valence electrons. The number of thioether (sulfide) groups is 1. The summed E-state index contributed by atoms with van der Waals surface area (Å²) in [6, 6.07) is 10.5. The Morgan fingerprint density at radius 3 is 2.93 bits per heavy atom. The molecule has 1 aromatic carbocycles. The monoisotopic (exact) mass is 402 g/mol. The van der Waals surface area contributed by atoms with Crippen molar-refractivity contribution in [1.82, 2.24) is 25.4 Å². The van der Waals surface area contributed by atoms with E-state index in [4.69, 9.17) is 9.73 Å². The Balaban J connectivity index is 1.45. The summed E-state index contributed by atoms with van der Waals surface area (Å²) in [6.07, 6.45) is 5.16. The molecule has 0 saturated carbocycles. The summed E-state index contributed by atoms with van der Waals surface area (Å²) in [7, 11) is 0. The van der Waals surface area contributed by atoms with Crippen molar-refractivity contribution in [1.29, 1.82) is 0 Å². The first kappa shape index (κ1) is 20.7. The van der Waals surface area contributed by atoms with Crippen molar-refractivity contribution in [3.63, 3.8) is 0 Å². The van der Waals surface area contributed by atoms with Gasteiger partial charge in [-0.2, -0.15) is 0 Å². The average Bonchev–Trinajstić information content (AvgIpc) is 3.41. The summed E-state index contributed by atoms with van der Waals surface area (Å²) in [4.78, 5) is 6.02. The van der Waals surface area contributed by atoms with Crippen LogP contribution in [0.3, 0.4) is 0 Å². The third kappa shape index (κ3) is 6.83. The third-order valence-electron chi connectivity index (χ3n) is 4.54. The number of nitrogens with one attached hydrogen (secondary N) is 2. The van der Waals surface area contributed by atoms with Crippen LogP contribution in [0.25, 0.3) is 0 Å². The van der Waals surface area contributed by atoms with E-state index in [1.54, 1.807) is 6.33 Å². The van der Waals surface area contributed by atoms with Crippen molar-refractivity contribution >= 4 is 17.7 Å². The van der Waals surface area contributed by atoms with Gasteiger partial charge >= 0.3 is 0 Å². The van der Waals surface area contributed by atoms with Crippen LogP contribution in [0.4, 0.5) is 0 Å². The third-order valence-corrected chi connectivity index (χ3v) is 5.55. The van der Waals surface area contributed by atoms with E-state index in [0.29, 0.717) is 6.54 Å². The zero-order valence-corrected chi connectivity index (χ0v) is 17.3. The number of aryl methyl sites for hydroxylation is 1. The highest BCUT2D eigenvalue weighted by Crippen LogP contribution is 2.15. The number of aromatic nitrogens is 3. The Hall–Kier alpha value is -2.06. The Morgan fingerprint density at radius 1 is 1.29 bits per heavy atom. The Kier molecular flexibility index (Phi) is 8.64. The van der Waals surface area contributed by atoms with Gasteiger partial charge in [-0.05, 0) is 25.0 Å². The summed E-state index contributed by atoms with van der Waals surface area (Å²) in [5, 5.41) is 15.0. The molecule has 0 amide bonds. The lowest BCUT2D eigenvalue weighted by molar-refractivity contribution is 0.117. The summed E-state index contributed by atoms with van der Waals surface area (Å²) in [5.41, 5.74) is 0. The topological polar surface area (TPSA) is 76.4 Å². The lowest BCUT2D eigenvalue weighted by Crippen LogP contribution is -2.40. The fraction of sp³-hybridized carbons (Fsp3) is 0.550. The SMILES string of the molecule is CCc1nncn1CCNC(=NCC1CCCO1)NCCSc1ccccc1. The number of hydrogen-bond donors (Lipinski definition) is 2. The Bertz CT molecular complexity index is 714. The molecule has 1 aromatic heterocycles. The second-order valence-electron chi connectivity index (χ2n) is 6.63. The summed E-state index contributed by atoms with van der Waals surface area (Å²) < 4.78 is 7.77. The Morgan fingerprint density at radius 2 is 2.14 bits per heavy atom. The molecule has 2 heterocycles. The van der Waals surface area contributed by atoms with Crippen LogP contribution in [0, 0.1) is 0 Å². The minimum absolute atomic E-state index is 0.252. The number of guanidine groups is 1. The van der Waals surface area contributed by atoms with E-state index >= 15 is 0 Å². The van der Waals surface area contributed by atoms with E-state index in [-0.39, 0.29) is 6.10 Å². The maximum atomic E-state index is 5.69. The number of benzene rings is 1. The second-order valence-corrected chi connectivity index (χ2v) is 7.80. The number of hydrogen-bond acceptors (Lipinski definition) is 5. The van der Waals surface area contributed by atoms with E-state index in [0.717, 1.165) is 63.0 Å². The summed E-state index contributed by atoms with van der Waals surface area (Å²) >= 11 is 1.84. The van der Waals surface area contributed by atoms with Crippen LogP contribution in [-0.4, -0.2) is 58.8 Å². The molecule has 2 N–H and O–H groups in total. The van der Waals surface area contributed by atoms with Gasteiger partial charge in [-0.15, -0.1) is 22.0 Å². The fourth-order valence-corrected chi connectivity index (χ4v) is 3.83. The van der Waals surface area contributed by atoms with E-state index in [1.807, 2.05) is 17.8 Å². The molecule has 8 heteroatoms. The molecule has 3 rings (SSSR count). The highest BCUT2D eigenvalue weighted by atomic mass is 32.2. The van der Waals surface area contributed by atoms with Crippen LogP contribution in [0.5, 0.6) is 0 Å². The van der Waals surface area contributed by atoms with Crippen molar-refractivity contribution in [2.24, 2.45) is 4.99 Å². The predicted octanol–water partition coefficient (Wildman–Crippen LogP) is 2.35.